The van der Waals surface area contributed by atoms with Gasteiger partial charge < -0.3 is 0 Å². The van der Waals surface area contributed by atoms with Gasteiger partial charge in [-0.1, -0.05) is 20.8 Å². The number of rotatable bonds is 5. The molecule has 1 aromatic heterocycles. The average molecular weight is 245 g/mol. The Morgan fingerprint density at radius 2 is 1.88 bits per heavy atom. The van der Waals surface area contributed by atoms with Crippen LogP contribution in [0.1, 0.15) is 38.6 Å². The van der Waals surface area contributed by atoms with Crippen molar-refractivity contribution in [3.8, 4) is 0 Å². The summed E-state index contributed by atoms with van der Waals surface area (Å²) in [7, 11) is -3.67. The Bertz CT molecular complexity index is 463. The average Bonchev–Trinajstić information content (AvgIpc) is 2.55. The Kier molecular flexibility index (Phi) is 4.09. The summed E-state index contributed by atoms with van der Waals surface area (Å²) < 4.78 is 24.8. The van der Waals surface area contributed by atoms with Gasteiger partial charge in [0, 0.05) is 6.54 Å². The molecule has 16 heavy (non-hydrogen) atoms. The largest absolute Gasteiger partial charge is 0.268 e. The van der Waals surface area contributed by atoms with Gasteiger partial charge in [-0.3, -0.25) is 4.68 Å². The molecule has 0 spiro atoms. The molecule has 0 aliphatic rings. The first-order valence-corrected chi connectivity index (χ1v) is 7.11. The van der Waals surface area contributed by atoms with E-state index >= 15 is 0 Å². The third-order valence-corrected chi connectivity index (χ3v) is 3.51. The van der Waals surface area contributed by atoms with Crippen molar-refractivity contribution in [1.82, 2.24) is 9.78 Å². The number of hydrogen-bond acceptors (Lipinski definition) is 3. The molecule has 2 N–H and O–H groups in total. The van der Waals surface area contributed by atoms with Gasteiger partial charge in [0.05, 0.1) is 11.4 Å². The Morgan fingerprint density at radius 3 is 2.25 bits per heavy atom. The summed E-state index contributed by atoms with van der Waals surface area (Å²) in [6.45, 7) is 6.55. The van der Waals surface area contributed by atoms with E-state index in [2.05, 4.69) is 5.10 Å². The van der Waals surface area contributed by atoms with Crippen LogP contribution in [0.4, 0.5) is 0 Å². The van der Waals surface area contributed by atoms with E-state index in [1.54, 1.807) is 4.68 Å². The SMILES string of the molecule is CCCn1nc(CC)c(S(N)(=O)=O)c1CC. The molecular formula is C10H19N3O2S. The summed E-state index contributed by atoms with van der Waals surface area (Å²) in [6.07, 6.45) is 2.12. The second-order valence-corrected chi connectivity index (χ2v) is 5.20. The Balaban J connectivity index is 3.43. The first kappa shape index (κ1) is 13.2. The molecule has 0 saturated heterocycles. The highest BCUT2D eigenvalue weighted by Gasteiger charge is 2.23. The molecule has 1 heterocycles. The number of nitrogens with zero attached hydrogens (tertiary/aromatic N) is 2. The molecule has 0 amide bonds. The Hall–Kier alpha value is -0.880. The maximum absolute atomic E-state index is 11.5. The van der Waals surface area contributed by atoms with Crippen molar-refractivity contribution in [2.75, 3.05) is 0 Å². The van der Waals surface area contributed by atoms with E-state index in [4.69, 9.17) is 5.14 Å². The summed E-state index contributed by atoms with van der Waals surface area (Å²) in [5.41, 5.74) is 1.30. The number of sulfonamides is 1. The predicted octanol–water partition coefficient (Wildman–Crippen LogP) is 1.07. The minimum Gasteiger partial charge on any atom is -0.268 e. The molecular weight excluding hydrogens is 226 g/mol. The minimum atomic E-state index is -3.67. The fourth-order valence-electron chi connectivity index (χ4n) is 1.83. The quantitative estimate of drug-likeness (QED) is 0.842. The summed E-state index contributed by atoms with van der Waals surface area (Å²) in [5, 5.41) is 9.55. The molecule has 92 valence electrons. The molecule has 0 aromatic carbocycles. The molecule has 1 rings (SSSR count). The van der Waals surface area contributed by atoms with Gasteiger partial charge in [-0.25, -0.2) is 13.6 Å². The smallest absolute Gasteiger partial charge is 0.241 e. The number of primary sulfonamides is 1. The molecule has 0 aliphatic heterocycles. The maximum atomic E-state index is 11.5. The van der Waals surface area contributed by atoms with Crippen LogP contribution < -0.4 is 5.14 Å². The van der Waals surface area contributed by atoms with Crippen LogP contribution in [0, 0.1) is 0 Å². The standard InChI is InChI=1S/C10H19N3O2S/c1-4-7-13-9(6-3)10(16(11,14)15)8(5-2)12-13/h4-7H2,1-3H3,(H2,11,14,15). The van der Waals surface area contributed by atoms with Crippen LogP contribution in [0.3, 0.4) is 0 Å². The highest BCUT2D eigenvalue weighted by atomic mass is 32.2. The minimum absolute atomic E-state index is 0.228. The molecule has 0 aliphatic carbocycles. The zero-order valence-electron chi connectivity index (χ0n) is 10.0. The zero-order valence-corrected chi connectivity index (χ0v) is 10.8. The molecule has 0 saturated carbocycles. The third-order valence-electron chi connectivity index (χ3n) is 2.47. The fourth-order valence-corrected chi connectivity index (χ4v) is 2.93. The van der Waals surface area contributed by atoms with Gasteiger partial charge in [-0.05, 0) is 19.3 Å². The zero-order chi connectivity index (χ0) is 12.3. The summed E-state index contributed by atoms with van der Waals surface area (Å²) in [5.74, 6) is 0. The van der Waals surface area contributed by atoms with Gasteiger partial charge in [0.25, 0.3) is 0 Å². The van der Waals surface area contributed by atoms with E-state index in [0.29, 0.717) is 18.5 Å². The van der Waals surface area contributed by atoms with Crippen LogP contribution in [-0.2, 0) is 29.4 Å². The summed E-state index contributed by atoms with van der Waals surface area (Å²) in [6, 6.07) is 0. The third kappa shape index (κ3) is 2.44. The number of aryl methyl sites for hydroxylation is 2. The molecule has 0 bridgehead atoms. The monoisotopic (exact) mass is 245 g/mol. The molecule has 0 unspecified atom stereocenters. The second kappa shape index (κ2) is 4.97. The van der Waals surface area contributed by atoms with Crippen molar-refractivity contribution >= 4 is 10.0 Å². The van der Waals surface area contributed by atoms with Gasteiger partial charge in [-0.2, -0.15) is 5.10 Å². The fraction of sp³-hybridized carbons (Fsp3) is 0.700. The van der Waals surface area contributed by atoms with Crippen molar-refractivity contribution < 1.29 is 8.42 Å². The molecule has 5 nitrogen and oxygen atoms in total. The molecule has 0 radical (unpaired) electrons. The molecule has 0 atom stereocenters. The molecule has 6 heteroatoms. The van der Waals surface area contributed by atoms with Gasteiger partial charge in [0.2, 0.25) is 10.0 Å². The van der Waals surface area contributed by atoms with Crippen LogP contribution in [0.15, 0.2) is 4.90 Å². The van der Waals surface area contributed by atoms with Crippen molar-refractivity contribution in [2.45, 2.75) is 51.5 Å². The number of nitrogens with two attached hydrogens (primary N) is 1. The predicted molar refractivity (Wildman–Crippen MR) is 62.6 cm³/mol. The van der Waals surface area contributed by atoms with E-state index in [9.17, 15) is 8.42 Å². The van der Waals surface area contributed by atoms with Crippen LogP contribution in [0.5, 0.6) is 0 Å². The lowest BCUT2D eigenvalue weighted by Crippen LogP contribution is -2.16. The van der Waals surface area contributed by atoms with E-state index in [1.165, 1.54) is 0 Å². The topological polar surface area (TPSA) is 78.0 Å². The van der Waals surface area contributed by atoms with Crippen LogP contribution in [0.25, 0.3) is 0 Å². The number of hydrogen-bond donors (Lipinski definition) is 1. The van der Waals surface area contributed by atoms with Crippen molar-refractivity contribution in [1.29, 1.82) is 0 Å². The van der Waals surface area contributed by atoms with E-state index in [0.717, 1.165) is 18.7 Å². The first-order chi connectivity index (χ1) is 7.45. The second-order valence-electron chi connectivity index (χ2n) is 3.70. The Labute approximate surface area is 96.7 Å². The van der Waals surface area contributed by atoms with Gasteiger partial charge in [-0.15, -0.1) is 0 Å². The first-order valence-electron chi connectivity index (χ1n) is 5.57. The van der Waals surface area contributed by atoms with Crippen molar-refractivity contribution in [2.24, 2.45) is 5.14 Å². The van der Waals surface area contributed by atoms with Crippen LogP contribution in [0.2, 0.25) is 0 Å². The van der Waals surface area contributed by atoms with Gasteiger partial charge in [0.15, 0.2) is 0 Å². The van der Waals surface area contributed by atoms with Crippen LogP contribution in [-0.4, -0.2) is 18.2 Å². The van der Waals surface area contributed by atoms with Gasteiger partial charge in [0.1, 0.15) is 4.90 Å². The van der Waals surface area contributed by atoms with Crippen LogP contribution >= 0.6 is 0 Å². The van der Waals surface area contributed by atoms with Crippen molar-refractivity contribution in [3.63, 3.8) is 0 Å². The Morgan fingerprint density at radius 1 is 1.25 bits per heavy atom. The maximum Gasteiger partial charge on any atom is 0.241 e. The lowest BCUT2D eigenvalue weighted by Gasteiger charge is -2.04. The summed E-state index contributed by atoms with van der Waals surface area (Å²) >= 11 is 0. The van der Waals surface area contributed by atoms with E-state index in [1.807, 2.05) is 20.8 Å². The molecule has 1 aromatic rings. The highest BCUT2D eigenvalue weighted by Crippen LogP contribution is 2.20. The van der Waals surface area contributed by atoms with Gasteiger partial charge >= 0.3 is 0 Å². The summed E-state index contributed by atoms with van der Waals surface area (Å²) in [4.78, 5) is 0.228. The molecule has 0 fully saturated rings. The van der Waals surface area contributed by atoms with E-state index in [-0.39, 0.29) is 4.90 Å². The number of aromatic nitrogens is 2. The lowest BCUT2D eigenvalue weighted by molar-refractivity contribution is 0.567. The highest BCUT2D eigenvalue weighted by molar-refractivity contribution is 7.89. The lowest BCUT2D eigenvalue weighted by atomic mass is 10.2. The van der Waals surface area contributed by atoms with E-state index < -0.39 is 10.0 Å². The normalized spacial score (nSPS) is 12.0. The van der Waals surface area contributed by atoms with Crippen molar-refractivity contribution in [3.05, 3.63) is 11.4 Å².